The first kappa shape index (κ1) is 28.4. The fourth-order valence-corrected chi connectivity index (χ4v) is 3.21. The summed E-state index contributed by atoms with van der Waals surface area (Å²) in [6.45, 7) is 5.16. The molecule has 1 unspecified atom stereocenters. The molecule has 0 spiro atoms. The summed E-state index contributed by atoms with van der Waals surface area (Å²) in [5.41, 5.74) is -2.34. The van der Waals surface area contributed by atoms with E-state index >= 15 is 0 Å². The molecule has 0 fully saturated rings. The van der Waals surface area contributed by atoms with Crippen molar-refractivity contribution in [3.8, 4) is 0 Å². The third-order valence-electron chi connectivity index (χ3n) is 4.74. The number of oxime groups is 1. The molecule has 1 atom stereocenters. The van der Waals surface area contributed by atoms with Gasteiger partial charge >= 0.3 is 6.18 Å². The minimum absolute atomic E-state index is 0.0143. The summed E-state index contributed by atoms with van der Waals surface area (Å²) >= 11 is 10.3. The Bertz CT molecular complexity index is 982. The Labute approximate surface area is 199 Å². The topological polar surface area (TPSA) is 59.0 Å². The maximum absolute atomic E-state index is 14.0. The summed E-state index contributed by atoms with van der Waals surface area (Å²) in [5, 5.41) is 3.23. The fourth-order valence-electron chi connectivity index (χ4n) is 3.09. The van der Waals surface area contributed by atoms with Crippen LogP contribution in [0.1, 0.15) is 34.8 Å². The molecular weight excluding hydrogens is 487 g/mol. The first-order chi connectivity index (χ1) is 15.5. The van der Waals surface area contributed by atoms with Crippen LogP contribution < -0.4 is 0 Å². The lowest BCUT2D eigenvalue weighted by Crippen LogP contribution is -2.47. The largest absolute Gasteiger partial charge is 0.435 e. The van der Waals surface area contributed by atoms with Crippen molar-refractivity contribution in [1.82, 2.24) is 4.90 Å². The third-order valence-corrected chi connectivity index (χ3v) is 4.95. The van der Waals surface area contributed by atoms with Crippen LogP contribution in [0, 0.1) is 6.92 Å². The maximum Gasteiger partial charge on any atom is 0.435 e. The average molecular weight is 509 g/mol. The van der Waals surface area contributed by atoms with Gasteiger partial charge in [0.2, 0.25) is 6.41 Å². The molecule has 1 aromatic rings. The highest BCUT2D eigenvalue weighted by atomic mass is 35.5. The molecule has 2 rings (SSSR count). The van der Waals surface area contributed by atoms with Gasteiger partial charge in [-0.3, -0.25) is 14.5 Å². The van der Waals surface area contributed by atoms with Gasteiger partial charge in [-0.25, -0.2) is 4.39 Å². The normalized spacial score (nSPS) is 18.5. The summed E-state index contributed by atoms with van der Waals surface area (Å²) < 4.78 is 54.8. The number of hydrogen-bond donors (Lipinski definition) is 0. The molecule has 0 aliphatic carbocycles. The lowest BCUT2D eigenvalue weighted by Gasteiger charge is -2.30. The quantitative estimate of drug-likeness (QED) is 0.195. The lowest BCUT2D eigenvalue weighted by molar-refractivity contribution is -0.251. The van der Waals surface area contributed by atoms with Crippen molar-refractivity contribution < 1.29 is 32.0 Å². The highest BCUT2D eigenvalue weighted by Gasteiger charge is 2.62. The molecule has 0 bridgehead atoms. The third kappa shape index (κ3) is 6.03. The van der Waals surface area contributed by atoms with Gasteiger partial charge in [-0.1, -0.05) is 35.5 Å². The summed E-state index contributed by atoms with van der Waals surface area (Å²) in [7, 11) is 0. The molecular formula is C22H22Cl2F4N2O3. The first-order valence-electron chi connectivity index (χ1n) is 9.34. The summed E-state index contributed by atoms with van der Waals surface area (Å²) in [6.07, 6.45) is -0.718. The number of allylic oxidation sites excluding steroid dienone is 2. The molecule has 33 heavy (non-hydrogen) atoms. The number of carbonyl (C=O) groups is 2. The van der Waals surface area contributed by atoms with Crippen LogP contribution in [-0.2, 0) is 9.63 Å². The van der Waals surface area contributed by atoms with E-state index in [1.807, 2.05) is 0 Å². The van der Waals surface area contributed by atoms with E-state index in [-0.39, 0.29) is 16.8 Å². The maximum atomic E-state index is 14.0. The molecule has 2 amide bonds. The highest BCUT2D eigenvalue weighted by molar-refractivity contribution is 6.30. The number of nitrogens with zero attached hydrogens (tertiary/aromatic N) is 2. The molecule has 1 heterocycles. The zero-order chi connectivity index (χ0) is 25.4. The average Bonchev–Trinajstić information content (AvgIpc) is 3.26. The zero-order valence-electron chi connectivity index (χ0n) is 18.0. The predicted octanol–water partition coefficient (Wildman–Crippen LogP) is 6.06. The molecule has 1 aromatic carbocycles. The zero-order valence-corrected chi connectivity index (χ0v) is 19.6. The number of carbonyl (C=O) groups excluding carboxylic acids is 2. The van der Waals surface area contributed by atoms with Crippen LogP contribution in [0.3, 0.4) is 0 Å². The molecule has 1 aliphatic rings. The Morgan fingerprint density at radius 2 is 2.00 bits per heavy atom. The van der Waals surface area contributed by atoms with Crippen molar-refractivity contribution in [2.75, 3.05) is 13.1 Å². The van der Waals surface area contributed by atoms with Crippen molar-refractivity contribution in [3.63, 3.8) is 0 Å². The van der Waals surface area contributed by atoms with Crippen LogP contribution in [0.2, 0.25) is 0 Å². The van der Waals surface area contributed by atoms with E-state index in [4.69, 9.17) is 16.4 Å². The molecule has 180 valence electrons. The van der Waals surface area contributed by atoms with E-state index < -0.39 is 35.8 Å². The number of alkyl halides is 5. The second-order valence-corrected chi connectivity index (χ2v) is 7.12. The molecule has 1 aliphatic heterocycles. The van der Waals surface area contributed by atoms with Gasteiger partial charge in [-0.15, -0.1) is 11.6 Å². The van der Waals surface area contributed by atoms with Gasteiger partial charge in [0.05, 0.1) is 5.71 Å². The van der Waals surface area contributed by atoms with Crippen LogP contribution in [0.5, 0.6) is 0 Å². The standard InChI is InChI=1S/C21H19ClF4N2O3.CH3Cl/c1-4-15(9-16(22)11-23)20(21(24,25)26)10-18(27-31-20)14-6-7-17(13(3)8-14)19(30)28(5-2)12-29;1-2/h4-9,12H,2,10-11H2,1,3H3;1H3/b15-4+,16-9+;. The number of halogens is 6. The minimum atomic E-state index is -4.87. The fraction of sp³-hybridized carbons (Fsp3) is 0.318. The molecule has 0 radical (unpaired) electrons. The Morgan fingerprint density at radius 3 is 2.45 bits per heavy atom. The van der Waals surface area contributed by atoms with Crippen molar-refractivity contribution in [3.05, 3.63) is 70.4 Å². The van der Waals surface area contributed by atoms with E-state index in [1.165, 1.54) is 31.5 Å². The Balaban J connectivity index is 0.00000265. The van der Waals surface area contributed by atoms with Gasteiger partial charge in [0, 0.05) is 35.2 Å². The molecule has 5 nitrogen and oxygen atoms in total. The number of hydrogen-bond acceptors (Lipinski definition) is 4. The Kier molecular flexibility index (Phi) is 10.3. The lowest BCUT2D eigenvalue weighted by atomic mass is 9.85. The van der Waals surface area contributed by atoms with Gasteiger partial charge in [-0.2, -0.15) is 13.2 Å². The van der Waals surface area contributed by atoms with E-state index in [9.17, 15) is 27.2 Å². The number of amides is 2. The van der Waals surface area contributed by atoms with Crippen LogP contribution >= 0.6 is 23.2 Å². The van der Waals surface area contributed by atoms with E-state index in [1.54, 1.807) is 6.92 Å². The van der Waals surface area contributed by atoms with Crippen molar-refractivity contribution >= 4 is 41.2 Å². The minimum Gasteiger partial charge on any atom is -0.374 e. The van der Waals surface area contributed by atoms with Gasteiger partial charge in [0.1, 0.15) is 6.67 Å². The first-order valence-corrected chi connectivity index (χ1v) is 10.5. The van der Waals surface area contributed by atoms with Gasteiger partial charge in [0.15, 0.2) is 0 Å². The number of benzene rings is 1. The molecule has 0 aromatic heterocycles. The van der Waals surface area contributed by atoms with Crippen LogP contribution in [0.15, 0.2) is 58.9 Å². The van der Waals surface area contributed by atoms with E-state index in [2.05, 4.69) is 23.3 Å². The smallest absolute Gasteiger partial charge is 0.374 e. The second kappa shape index (κ2) is 12.0. The van der Waals surface area contributed by atoms with Crippen LogP contribution in [0.4, 0.5) is 17.6 Å². The Morgan fingerprint density at radius 1 is 1.36 bits per heavy atom. The van der Waals surface area contributed by atoms with Crippen LogP contribution in [-0.4, -0.2) is 47.8 Å². The van der Waals surface area contributed by atoms with Gasteiger partial charge in [-0.05, 0) is 43.2 Å². The monoisotopic (exact) mass is 508 g/mol. The number of imide groups is 1. The number of rotatable bonds is 7. The predicted molar refractivity (Wildman–Crippen MR) is 120 cm³/mol. The van der Waals surface area contributed by atoms with Crippen LogP contribution in [0.25, 0.3) is 0 Å². The molecule has 0 N–H and O–H groups in total. The SMILES string of the molecule is C=CN(C=O)C(=O)c1ccc(C2=NOC(C(/C=C(/Cl)CF)=C/C)(C(F)(F)F)C2)cc1C.CCl. The molecule has 0 saturated carbocycles. The van der Waals surface area contributed by atoms with Gasteiger partial charge in [0.25, 0.3) is 11.5 Å². The Hall–Kier alpha value is -2.65. The molecule has 11 heteroatoms. The summed E-state index contributed by atoms with van der Waals surface area (Å²) in [5.74, 6) is -0.634. The highest BCUT2D eigenvalue weighted by Crippen LogP contribution is 2.47. The number of aryl methyl sites for hydroxylation is 1. The van der Waals surface area contributed by atoms with E-state index in [0.717, 1.165) is 23.3 Å². The summed E-state index contributed by atoms with van der Waals surface area (Å²) in [4.78, 5) is 28.9. The van der Waals surface area contributed by atoms with Crippen molar-refractivity contribution in [2.45, 2.75) is 32.0 Å². The second-order valence-electron chi connectivity index (χ2n) is 6.63. The summed E-state index contributed by atoms with van der Waals surface area (Å²) in [6, 6.07) is 4.24. The van der Waals surface area contributed by atoms with Crippen molar-refractivity contribution in [1.29, 1.82) is 0 Å². The van der Waals surface area contributed by atoms with Gasteiger partial charge < -0.3 is 4.84 Å². The van der Waals surface area contributed by atoms with Crippen molar-refractivity contribution in [2.24, 2.45) is 5.16 Å². The molecule has 0 saturated heterocycles. The van der Waals surface area contributed by atoms with E-state index in [0.29, 0.717) is 17.5 Å².